The molecule has 32 heavy (non-hydrogen) atoms. The fourth-order valence-electron chi connectivity index (χ4n) is 3.46. The molecule has 10 heteroatoms. The Morgan fingerprint density at radius 2 is 1.94 bits per heavy atom. The highest BCUT2D eigenvalue weighted by atomic mass is 35.5. The molecule has 0 saturated carbocycles. The minimum atomic E-state index is -4.52. The Balaban J connectivity index is 1.98. The zero-order valence-electron chi connectivity index (χ0n) is 17.7. The van der Waals surface area contributed by atoms with E-state index >= 15 is 0 Å². The SMILES string of the molecule is CCOC(=O)C(C)N1C(=O)C(C)(SC)c2cc(Oc3ccc(C(F)(F)F)cc3Cl)ccc21. The van der Waals surface area contributed by atoms with Crippen LogP contribution in [0, 0.1) is 0 Å². The van der Waals surface area contributed by atoms with E-state index in [1.165, 1.54) is 16.7 Å². The van der Waals surface area contributed by atoms with E-state index in [9.17, 15) is 22.8 Å². The summed E-state index contributed by atoms with van der Waals surface area (Å²) in [5, 5.41) is -0.193. The molecule has 0 fully saturated rings. The molecule has 0 saturated heterocycles. The second kappa shape index (κ2) is 8.86. The van der Waals surface area contributed by atoms with Crippen LogP contribution < -0.4 is 9.64 Å². The van der Waals surface area contributed by atoms with E-state index in [2.05, 4.69) is 0 Å². The molecule has 0 spiro atoms. The normalized spacial score (nSPS) is 19.0. The Bertz CT molecular complexity index is 1060. The fraction of sp³-hybridized carbons (Fsp3) is 0.364. The van der Waals surface area contributed by atoms with Crippen molar-refractivity contribution < 1.29 is 32.2 Å². The van der Waals surface area contributed by atoms with Crippen LogP contribution in [-0.4, -0.2) is 30.8 Å². The number of carbonyl (C=O) groups excluding carboxylic acids is 2. The summed E-state index contributed by atoms with van der Waals surface area (Å²) in [4.78, 5) is 26.9. The molecule has 0 N–H and O–H groups in total. The van der Waals surface area contributed by atoms with E-state index in [4.69, 9.17) is 21.1 Å². The number of carbonyl (C=O) groups is 2. The molecule has 5 nitrogen and oxygen atoms in total. The minimum Gasteiger partial charge on any atom is -0.464 e. The third-order valence-corrected chi connectivity index (χ3v) is 6.79. The number of thioether (sulfide) groups is 1. The largest absolute Gasteiger partial charge is 0.464 e. The van der Waals surface area contributed by atoms with Gasteiger partial charge >= 0.3 is 12.1 Å². The lowest BCUT2D eigenvalue weighted by atomic mass is 10.0. The van der Waals surface area contributed by atoms with E-state index in [0.29, 0.717) is 17.0 Å². The number of esters is 1. The van der Waals surface area contributed by atoms with E-state index in [-0.39, 0.29) is 23.3 Å². The molecular formula is C22H21ClF3NO4S. The highest BCUT2D eigenvalue weighted by Crippen LogP contribution is 2.50. The topological polar surface area (TPSA) is 55.8 Å². The highest BCUT2D eigenvalue weighted by Gasteiger charge is 2.50. The van der Waals surface area contributed by atoms with Gasteiger partial charge in [-0.05, 0) is 63.4 Å². The van der Waals surface area contributed by atoms with Crippen LogP contribution in [0.5, 0.6) is 11.5 Å². The lowest BCUT2D eigenvalue weighted by Gasteiger charge is -2.26. The lowest BCUT2D eigenvalue weighted by molar-refractivity contribution is -0.145. The van der Waals surface area contributed by atoms with Crippen LogP contribution in [0.1, 0.15) is 31.9 Å². The standard InChI is InChI=1S/C22H21ClF3NO4S/c1-5-30-19(28)12(2)27-17-8-7-14(11-15(17)21(3,32-4)20(27)29)31-18-9-6-13(10-16(18)23)22(24,25)26/h6-12H,5H2,1-4H3. The second-order valence-corrected chi connectivity index (χ2v) is 8.90. The van der Waals surface area contributed by atoms with E-state index in [1.54, 1.807) is 45.2 Å². The van der Waals surface area contributed by atoms with Crippen LogP contribution >= 0.6 is 23.4 Å². The van der Waals surface area contributed by atoms with Gasteiger partial charge in [-0.2, -0.15) is 13.2 Å². The molecule has 172 valence electrons. The zero-order valence-corrected chi connectivity index (χ0v) is 19.3. The number of ether oxygens (including phenoxy) is 2. The number of benzene rings is 2. The number of fused-ring (bicyclic) bond motifs is 1. The summed E-state index contributed by atoms with van der Waals surface area (Å²) in [6.45, 7) is 5.22. The molecule has 2 aromatic carbocycles. The summed E-state index contributed by atoms with van der Waals surface area (Å²) < 4.78 is 48.4. The van der Waals surface area contributed by atoms with Crippen molar-refractivity contribution >= 4 is 40.9 Å². The van der Waals surface area contributed by atoms with E-state index < -0.39 is 28.5 Å². The molecule has 0 radical (unpaired) electrons. The predicted octanol–water partition coefficient (Wildman–Crippen LogP) is 6.03. The molecule has 1 amide bonds. The maximum atomic E-state index is 13.2. The van der Waals surface area contributed by atoms with Crippen LogP contribution in [-0.2, 0) is 25.2 Å². The van der Waals surface area contributed by atoms with Crippen LogP contribution in [0.3, 0.4) is 0 Å². The van der Waals surface area contributed by atoms with Crippen LogP contribution in [0.15, 0.2) is 36.4 Å². The number of anilines is 1. The Hall–Kier alpha value is -2.39. The number of nitrogens with zero attached hydrogens (tertiary/aromatic N) is 1. The maximum Gasteiger partial charge on any atom is 0.416 e. The lowest BCUT2D eigenvalue weighted by Crippen LogP contribution is -2.45. The van der Waals surface area contributed by atoms with Gasteiger partial charge < -0.3 is 9.47 Å². The van der Waals surface area contributed by atoms with Crippen molar-refractivity contribution in [3.8, 4) is 11.5 Å². The first-order valence-electron chi connectivity index (χ1n) is 9.68. The Morgan fingerprint density at radius 3 is 2.50 bits per heavy atom. The van der Waals surface area contributed by atoms with Gasteiger partial charge in [-0.25, -0.2) is 4.79 Å². The summed E-state index contributed by atoms with van der Waals surface area (Å²) in [6.07, 6.45) is -2.74. The van der Waals surface area contributed by atoms with Gasteiger partial charge in [-0.3, -0.25) is 9.69 Å². The first kappa shape index (κ1) is 24.3. The molecule has 1 aliphatic heterocycles. The second-order valence-electron chi connectivity index (χ2n) is 7.26. The van der Waals surface area contributed by atoms with Gasteiger partial charge in [0.15, 0.2) is 0 Å². The van der Waals surface area contributed by atoms with Crippen molar-refractivity contribution in [2.45, 2.75) is 37.7 Å². The van der Waals surface area contributed by atoms with Crippen molar-refractivity contribution in [1.82, 2.24) is 0 Å². The molecule has 2 aromatic rings. The number of rotatable bonds is 6. The number of hydrogen-bond acceptors (Lipinski definition) is 5. The van der Waals surface area contributed by atoms with Crippen molar-refractivity contribution in [2.75, 3.05) is 17.8 Å². The average Bonchev–Trinajstić information content (AvgIpc) is 2.95. The summed E-state index contributed by atoms with van der Waals surface area (Å²) in [6, 6.07) is 6.83. The molecule has 0 bridgehead atoms. The number of amides is 1. The fourth-order valence-corrected chi connectivity index (χ4v) is 4.34. The highest BCUT2D eigenvalue weighted by molar-refractivity contribution is 8.00. The molecule has 3 rings (SSSR count). The number of alkyl halides is 3. The molecule has 0 aromatic heterocycles. The minimum absolute atomic E-state index is 0.0477. The third kappa shape index (κ3) is 4.28. The van der Waals surface area contributed by atoms with Crippen molar-refractivity contribution in [3.63, 3.8) is 0 Å². The Morgan fingerprint density at radius 1 is 1.25 bits per heavy atom. The quantitative estimate of drug-likeness (QED) is 0.466. The number of hydrogen-bond donors (Lipinski definition) is 0. The molecule has 0 aliphatic carbocycles. The average molecular weight is 488 g/mol. The van der Waals surface area contributed by atoms with E-state index in [0.717, 1.165) is 18.2 Å². The summed E-state index contributed by atoms with van der Waals surface area (Å²) in [5.74, 6) is -0.449. The first-order valence-corrected chi connectivity index (χ1v) is 11.3. The van der Waals surface area contributed by atoms with Gasteiger partial charge in [0.1, 0.15) is 22.3 Å². The van der Waals surface area contributed by atoms with Gasteiger partial charge in [0, 0.05) is 5.56 Å². The monoisotopic (exact) mass is 487 g/mol. The van der Waals surface area contributed by atoms with Crippen LogP contribution in [0.2, 0.25) is 5.02 Å². The van der Waals surface area contributed by atoms with Gasteiger partial charge in [0.25, 0.3) is 0 Å². The molecule has 2 unspecified atom stereocenters. The summed E-state index contributed by atoms with van der Waals surface area (Å²) in [7, 11) is 0. The third-order valence-electron chi connectivity index (χ3n) is 5.28. The molecule has 1 heterocycles. The molecular weight excluding hydrogens is 467 g/mol. The van der Waals surface area contributed by atoms with Gasteiger partial charge in [0.2, 0.25) is 5.91 Å². The predicted molar refractivity (Wildman–Crippen MR) is 117 cm³/mol. The van der Waals surface area contributed by atoms with E-state index in [1.807, 2.05) is 0 Å². The molecule has 1 aliphatic rings. The van der Waals surface area contributed by atoms with Crippen LogP contribution in [0.4, 0.5) is 18.9 Å². The zero-order chi connectivity index (χ0) is 23.8. The Labute approximate surface area is 192 Å². The summed E-state index contributed by atoms with van der Waals surface area (Å²) in [5.41, 5.74) is 0.276. The van der Waals surface area contributed by atoms with Gasteiger partial charge in [0.05, 0.1) is 22.9 Å². The molecule has 2 atom stereocenters. The maximum absolute atomic E-state index is 13.2. The van der Waals surface area contributed by atoms with Crippen molar-refractivity contribution in [1.29, 1.82) is 0 Å². The number of halogens is 4. The van der Waals surface area contributed by atoms with Gasteiger partial charge in [-0.1, -0.05) is 11.6 Å². The summed E-state index contributed by atoms with van der Waals surface area (Å²) >= 11 is 7.30. The first-order chi connectivity index (χ1) is 14.9. The van der Waals surface area contributed by atoms with Gasteiger partial charge in [-0.15, -0.1) is 11.8 Å². The van der Waals surface area contributed by atoms with Crippen molar-refractivity contribution in [3.05, 3.63) is 52.5 Å². The van der Waals surface area contributed by atoms with Crippen molar-refractivity contribution in [2.24, 2.45) is 0 Å². The van der Waals surface area contributed by atoms with Crippen LogP contribution in [0.25, 0.3) is 0 Å². The smallest absolute Gasteiger partial charge is 0.416 e. The Kier molecular flexibility index (Phi) is 6.72.